The van der Waals surface area contributed by atoms with Gasteiger partial charge in [0, 0.05) is 25.2 Å². The summed E-state index contributed by atoms with van der Waals surface area (Å²) in [7, 11) is 0. The van der Waals surface area contributed by atoms with Gasteiger partial charge >= 0.3 is 0 Å². The van der Waals surface area contributed by atoms with E-state index in [4.69, 9.17) is 0 Å². The summed E-state index contributed by atoms with van der Waals surface area (Å²) in [5.41, 5.74) is 0.647. The van der Waals surface area contributed by atoms with Crippen LogP contribution in [0, 0.1) is 5.41 Å². The Labute approximate surface area is 108 Å². The molecule has 0 atom stereocenters. The summed E-state index contributed by atoms with van der Waals surface area (Å²) in [5.74, 6) is 0. The molecule has 0 N–H and O–H groups in total. The molecule has 2 heterocycles. The van der Waals surface area contributed by atoms with Crippen LogP contribution < -0.4 is 0 Å². The van der Waals surface area contributed by atoms with Crippen molar-refractivity contribution in [3.63, 3.8) is 0 Å². The molecule has 2 rings (SSSR count). The fourth-order valence-electron chi connectivity index (χ4n) is 3.15. The summed E-state index contributed by atoms with van der Waals surface area (Å²) in [6.45, 7) is 18.6. The molecule has 0 unspecified atom stereocenters. The molecule has 0 aromatic carbocycles. The molecule has 0 radical (unpaired) electrons. The Morgan fingerprint density at radius 2 is 1.12 bits per heavy atom. The summed E-state index contributed by atoms with van der Waals surface area (Å²) in [6.07, 6.45) is 2.85. The monoisotopic (exact) mass is 240 g/mol. The van der Waals surface area contributed by atoms with E-state index < -0.39 is 0 Å². The lowest BCUT2D eigenvalue weighted by Gasteiger charge is -2.27. The van der Waals surface area contributed by atoms with Crippen LogP contribution in [0.15, 0.2) is 0 Å². The van der Waals surface area contributed by atoms with Crippen molar-refractivity contribution in [1.29, 1.82) is 0 Å². The molecular formula is C15H32N2. The van der Waals surface area contributed by atoms with E-state index >= 15 is 0 Å². The van der Waals surface area contributed by atoms with E-state index in [1.165, 1.54) is 39.0 Å². The summed E-state index contributed by atoms with van der Waals surface area (Å²) in [4.78, 5) is 5.31. The summed E-state index contributed by atoms with van der Waals surface area (Å²) in [6, 6.07) is 1.47. The van der Waals surface area contributed by atoms with Crippen molar-refractivity contribution in [2.75, 3.05) is 26.2 Å². The Kier molecular flexibility index (Phi) is 5.46. The summed E-state index contributed by atoms with van der Waals surface area (Å²) >= 11 is 0. The van der Waals surface area contributed by atoms with E-state index in [9.17, 15) is 0 Å². The van der Waals surface area contributed by atoms with Crippen LogP contribution in [0.25, 0.3) is 0 Å². The highest BCUT2D eigenvalue weighted by molar-refractivity contribution is 4.98. The average Bonchev–Trinajstić information content (AvgIpc) is 2.90. The molecule has 2 nitrogen and oxygen atoms in total. The second kappa shape index (κ2) is 6.19. The zero-order valence-electron chi connectivity index (χ0n) is 12.8. The highest BCUT2D eigenvalue weighted by Crippen LogP contribution is 2.40. The third-order valence-electron chi connectivity index (χ3n) is 4.40. The summed E-state index contributed by atoms with van der Waals surface area (Å²) in [5, 5.41) is 0. The van der Waals surface area contributed by atoms with E-state index in [-0.39, 0.29) is 0 Å². The predicted octanol–water partition coefficient (Wildman–Crippen LogP) is 3.23. The Hall–Kier alpha value is -0.0800. The first-order valence-corrected chi connectivity index (χ1v) is 7.50. The molecular weight excluding hydrogens is 208 g/mol. The van der Waals surface area contributed by atoms with E-state index in [1.54, 1.807) is 0 Å². The maximum absolute atomic E-state index is 2.66. The molecule has 0 amide bonds. The van der Waals surface area contributed by atoms with Crippen molar-refractivity contribution in [1.82, 2.24) is 9.80 Å². The third-order valence-corrected chi connectivity index (χ3v) is 4.40. The van der Waals surface area contributed by atoms with Gasteiger partial charge in [0.15, 0.2) is 0 Å². The normalized spacial score (nSPS) is 24.7. The highest BCUT2D eigenvalue weighted by atomic mass is 15.2. The minimum Gasteiger partial charge on any atom is -0.300 e. The molecule has 1 spiro atoms. The summed E-state index contributed by atoms with van der Waals surface area (Å²) < 4.78 is 0. The number of rotatable bonds is 2. The van der Waals surface area contributed by atoms with Gasteiger partial charge in [-0.1, -0.05) is 13.8 Å². The second-order valence-corrected chi connectivity index (χ2v) is 6.13. The standard InChI is InChI=1S/C13H26N2.C2H6/c1-11(2)14-7-5-13(9-14)6-8-15(10-13)12(3)4;1-2/h11-12H,5-10H2,1-4H3;1-2H3. The van der Waals surface area contributed by atoms with Crippen LogP contribution in [0.4, 0.5) is 0 Å². The van der Waals surface area contributed by atoms with Gasteiger partial charge in [-0.3, -0.25) is 0 Å². The molecule has 0 aromatic rings. The molecule has 2 heteroatoms. The topological polar surface area (TPSA) is 6.48 Å². The Morgan fingerprint density at radius 1 is 0.765 bits per heavy atom. The zero-order valence-corrected chi connectivity index (χ0v) is 12.8. The van der Waals surface area contributed by atoms with Gasteiger partial charge in [-0.2, -0.15) is 0 Å². The predicted molar refractivity (Wildman–Crippen MR) is 76.4 cm³/mol. The van der Waals surface area contributed by atoms with Gasteiger partial charge in [0.2, 0.25) is 0 Å². The van der Waals surface area contributed by atoms with Crippen LogP contribution in [-0.2, 0) is 0 Å². The Bertz CT molecular complexity index is 199. The molecule has 2 fully saturated rings. The van der Waals surface area contributed by atoms with Gasteiger partial charge in [-0.15, -0.1) is 0 Å². The first-order chi connectivity index (χ1) is 8.02. The first-order valence-electron chi connectivity index (χ1n) is 7.50. The lowest BCUT2D eigenvalue weighted by molar-refractivity contribution is 0.201. The van der Waals surface area contributed by atoms with Crippen molar-refractivity contribution in [3.8, 4) is 0 Å². The molecule has 102 valence electrons. The number of nitrogens with zero attached hydrogens (tertiary/aromatic N) is 2. The zero-order chi connectivity index (χ0) is 13.1. The van der Waals surface area contributed by atoms with E-state index in [0.29, 0.717) is 5.41 Å². The van der Waals surface area contributed by atoms with Crippen LogP contribution in [0.3, 0.4) is 0 Å². The van der Waals surface area contributed by atoms with Crippen molar-refractivity contribution in [2.24, 2.45) is 5.41 Å². The SMILES string of the molecule is CC.CC(C)N1CCC2(CCN(C(C)C)C2)C1. The molecule has 2 aliphatic rings. The second-order valence-electron chi connectivity index (χ2n) is 6.13. The molecule has 0 aliphatic carbocycles. The van der Waals surface area contributed by atoms with Gasteiger partial charge in [-0.05, 0) is 59.0 Å². The van der Waals surface area contributed by atoms with Crippen molar-refractivity contribution in [2.45, 2.75) is 66.5 Å². The van der Waals surface area contributed by atoms with Crippen LogP contribution in [0.5, 0.6) is 0 Å². The van der Waals surface area contributed by atoms with Gasteiger partial charge in [-0.25, -0.2) is 0 Å². The molecule has 2 aliphatic heterocycles. The first kappa shape index (κ1) is 15.0. The Morgan fingerprint density at radius 3 is 1.35 bits per heavy atom. The van der Waals surface area contributed by atoms with Crippen LogP contribution in [-0.4, -0.2) is 48.1 Å². The molecule has 2 saturated heterocycles. The number of hydrogen-bond acceptors (Lipinski definition) is 2. The minimum atomic E-state index is 0.647. The fourth-order valence-corrected chi connectivity index (χ4v) is 3.15. The quantitative estimate of drug-likeness (QED) is 0.731. The largest absolute Gasteiger partial charge is 0.300 e. The van der Waals surface area contributed by atoms with Crippen LogP contribution >= 0.6 is 0 Å². The highest BCUT2D eigenvalue weighted by Gasteiger charge is 2.44. The van der Waals surface area contributed by atoms with E-state index in [0.717, 1.165) is 12.1 Å². The smallest absolute Gasteiger partial charge is 0.00539 e. The number of likely N-dealkylation sites (tertiary alicyclic amines) is 2. The lowest BCUT2D eigenvalue weighted by Crippen LogP contribution is -2.35. The van der Waals surface area contributed by atoms with E-state index in [2.05, 4.69) is 37.5 Å². The Balaban J connectivity index is 0.000000686. The van der Waals surface area contributed by atoms with Crippen molar-refractivity contribution >= 4 is 0 Å². The average molecular weight is 240 g/mol. The maximum Gasteiger partial charge on any atom is 0.00539 e. The number of hydrogen-bond donors (Lipinski definition) is 0. The van der Waals surface area contributed by atoms with Gasteiger partial charge in [0.05, 0.1) is 0 Å². The van der Waals surface area contributed by atoms with Crippen LogP contribution in [0.1, 0.15) is 54.4 Å². The van der Waals surface area contributed by atoms with Crippen LogP contribution in [0.2, 0.25) is 0 Å². The third kappa shape index (κ3) is 3.45. The van der Waals surface area contributed by atoms with Crippen molar-refractivity contribution in [3.05, 3.63) is 0 Å². The maximum atomic E-state index is 2.66. The molecule has 0 aromatic heterocycles. The van der Waals surface area contributed by atoms with Gasteiger partial charge in [0.1, 0.15) is 0 Å². The lowest BCUT2D eigenvalue weighted by atomic mass is 9.86. The minimum absolute atomic E-state index is 0.647. The molecule has 0 saturated carbocycles. The van der Waals surface area contributed by atoms with Gasteiger partial charge in [0.25, 0.3) is 0 Å². The van der Waals surface area contributed by atoms with Gasteiger partial charge < -0.3 is 9.80 Å². The van der Waals surface area contributed by atoms with Crippen molar-refractivity contribution < 1.29 is 0 Å². The molecule has 0 bridgehead atoms. The molecule has 17 heavy (non-hydrogen) atoms. The van der Waals surface area contributed by atoms with E-state index in [1.807, 2.05) is 13.8 Å². The fraction of sp³-hybridized carbons (Fsp3) is 1.00.